The van der Waals surface area contributed by atoms with Crippen LogP contribution in [-0.2, 0) is 4.79 Å². The van der Waals surface area contributed by atoms with Crippen LogP contribution in [0.15, 0.2) is 76.6 Å². The second-order valence-electron chi connectivity index (χ2n) is 6.76. The Morgan fingerprint density at radius 3 is 2.62 bits per heavy atom. The van der Waals surface area contributed by atoms with Crippen molar-refractivity contribution < 1.29 is 14.3 Å². The maximum atomic E-state index is 12.6. The van der Waals surface area contributed by atoms with Crippen molar-refractivity contribution in [3.05, 3.63) is 71.5 Å². The van der Waals surface area contributed by atoms with Crippen molar-refractivity contribution in [2.24, 2.45) is 0 Å². The number of hydrogen-bond acceptors (Lipinski definition) is 7. The van der Waals surface area contributed by atoms with Gasteiger partial charge in [0, 0.05) is 39.9 Å². The largest absolute Gasteiger partial charge is 0.454 e. The molecule has 0 saturated carbocycles. The average molecular weight is 510 g/mol. The molecule has 2 aromatic carbocycles. The number of carbonyl (C=O) groups excluding carboxylic acids is 1. The molecule has 0 atom stereocenters. The molecule has 1 N–H and O–H groups in total. The van der Waals surface area contributed by atoms with Crippen LogP contribution in [0.3, 0.4) is 0 Å². The van der Waals surface area contributed by atoms with Crippen LogP contribution >= 0.6 is 27.7 Å². The normalized spacial score (nSPS) is 12.0. The van der Waals surface area contributed by atoms with Gasteiger partial charge in [0.15, 0.2) is 22.5 Å². The zero-order valence-corrected chi connectivity index (χ0v) is 19.0. The Morgan fingerprint density at radius 1 is 1.03 bits per heavy atom. The standard InChI is InChI=1S/C22H16BrN5O3S/c23-15-1-4-17(5-2-15)28-21(14-7-9-24-10-8-14)26-27-22(28)32-12-20(29)25-16-3-6-18-19(11-16)31-13-30-18/h1-11H,12-13H2,(H,25,29). The fourth-order valence-corrected chi connectivity index (χ4v) is 4.19. The Morgan fingerprint density at radius 2 is 1.81 bits per heavy atom. The highest BCUT2D eigenvalue weighted by Gasteiger charge is 2.18. The SMILES string of the molecule is O=C(CSc1nnc(-c2ccncc2)n1-c1ccc(Br)cc1)Nc1ccc2c(c1)OCO2. The van der Waals surface area contributed by atoms with Gasteiger partial charge in [-0.3, -0.25) is 14.3 Å². The fourth-order valence-electron chi connectivity index (χ4n) is 3.18. The summed E-state index contributed by atoms with van der Waals surface area (Å²) in [4.78, 5) is 16.7. The van der Waals surface area contributed by atoms with E-state index < -0.39 is 0 Å². The van der Waals surface area contributed by atoms with Crippen molar-refractivity contribution >= 4 is 39.3 Å². The van der Waals surface area contributed by atoms with Crippen molar-refractivity contribution in [1.82, 2.24) is 19.7 Å². The minimum absolute atomic E-state index is 0.162. The van der Waals surface area contributed by atoms with Crippen LogP contribution in [0.25, 0.3) is 17.1 Å². The Balaban J connectivity index is 1.37. The number of fused-ring (bicyclic) bond motifs is 1. The number of anilines is 1. The molecule has 0 unspecified atom stereocenters. The van der Waals surface area contributed by atoms with E-state index in [9.17, 15) is 4.79 Å². The smallest absolute Gasteiger partial charge is 0.234 e. The number of amides is 1. The first-order chi connectivity index (χ1) is 15.7. The summed E-state index contributed by atoms with van der Waals surface area (Å²) in [6, 6.07) is 16.9. The number of ether oxygens (including phenoxy) is 2. The van der Waals surface area contributed by atoms with Crippen LogP contribution in [0, 0.1) is 0 Å². The molecule has 32 heavy (non-hydrogen) atoms. The average Bonchev–Trinajstić information content (AvgIpc) is 3.45. The number of aromatic nitrogens is 4. The first-order valence-electron chi connectivity index (χ1n) is 9.61. The molecule has 5 rings (SSSR count). The van der Waals surface area contributed by atoms with Crippen LogP contribution in [0.1, 0.15) is 0 Å². The van der Waals surface area contributed by atoms with Gasteiger partial charge in [0.25, 0.3) is 0 Å². The minimum atomic E-state index is -0.162. The highest BCUT2D eigenvalue weighted by atomic mass is 79.9. The molecule has 0 bridgehead atoms. The first-order valence-corrected chi connectivity index (χ1v) is 11.4. The minimum Gasteiger partial charge on any atom is -0.454 e. The molecule has 0 radical (unpaired) electrons. The van der Waals surface area contributed by atoms with Gasteiger partial charge in [-0.2, -0.15) is 0 Å². The zero-order valence-electron chi connectivity index (χ0n) is 16.6. The number of carbonyl (C=O) groups is 1. The van der Waals surface area contributed by atoms with E-state index in [2.05, 4.69) is 36.4 Å². The number of rotatable bonds is 6. The van der Waals surface area contributed by atoms with E-state index in [4.69, 9.17) is 9.47 Å². The van der Waals surface area contributed by atoms with E-state index in [1.165, 1.54) is 11.8 Å². The summed E-state index contributed by atoms with van der Waals surface area (Å²) in [5.41, 5.74) is 2.42. The predicted molar refractivity (Wildman–Crippen MR) is 124 cm³/mol. The fraction of sp³-hybridized carbons (Fsp3) is 0.0909. The summed E-state index contributed by atoms with van der Waals surface area (Å²) in [5, 5.41) is 12.2. The van der Waals surface area contributed by atoms with Gasteiger partial charge in [0.05, 0.1) is 5.75 Å². The van der Waals surface area contributed by atoms with Crippen molar-refractivity contribution in [3.63, 3.8) is 0 Å². The van der Waals surface area contributed by atoms with E-state index >= 15 is 0 Å². The van der Waals surface area contributed by atoms with Gasteiger partial charge in [0.1, 0.15) is 0 Å². The van der Waals surface area contributed by atoms with Crippen molar-refractivity contribution in [2.75, 3.05) is 17.9 Å². The molecule has 2 aromatic heterocycles. The summed E-state index contributed by atoms with van der Waals surface area (Å²) in [6.07, 6.45) is 3.42. The van der Waals surface area contributed by atoms with Crippen LogP contribution in [0.4, 0.5) is 5.69 Å². The molecule has 3 heterocycles. The Kier molecular flexibility index (Phi) is 5.78. The highest BCUT2D eigenvalue weighted by molar-refractivity contribution is 9.10. The lowest BCUT2D eigenvalue weighted by molar-refractivity contribution is -0.113. The van der Waals surface area contributed by atoms with E-state index in [0.717, 1.165) is 15.7 Å². The Labute approximate surface area is 196 Å². The lowest BCUT2D eigenvalue weighted by Crippen LogP contribution is -2.14. The van der Waals surface area contributed by atoms with Gasteiger partial charge in [0.2, 0.25) is 12.7 Å². The number of nitrogens with one attached hydrogen (secondary N) is 1. The maximum absolute atomic E-state index is 12.6. The highest BCUT2D eigenvalue weighted by Crippen LogP contribution is 2.34. The lowest BCUT2D eigenvalue weighted by Gasteiger charge is -2.11. The molecule has 1 aliphatic rings. The summed E-state index contributed by atoms with van der Waals surface area (Å²) in [7, 11) is 0. The second kappa shape index (κ2) is 9.01. The summed E-state index contributed by atoms with van der Waals surface area (Å²) >= 11 is 4.78. The monoisotopic (exact) mass is 509 g/mol. The van der Waals surface area contributed by atoms with Gasteiger partial charge in [-0.15, -0.1) is 10.2 Å². The van der Waals surface area contributed by atoms with Gasteiger partial charge in [-0.1, -0.05) is 27.7 Å². The third-order valence-electron chi connectivity index (χ3n) is 4.65. The van der Waals surface area contributed by atoms with Gasteiger partial charge < -0.3 is 14.8 Å². The molecule has 0 aliphatic carbocycles. The third kappa shape index (κ3) is 4.32. The third-order valence-corrected chi connectivity index (χ3v) is 6.10. The van der Waals surface area contributed by atoms with Crippen molar-refractivity contribution in [1.29, 1.82) is 0 Å². The van der Waals surface area contributed by atoms with Crippen LogP contribution in [0.5, 0.6) is 11.5 Å². The maximum Gasteiger partial charge on any atom is 0.234 e. The predicted octanol–water partition coefficient (Wildman–Crippen LogP) is 4.55. The molecule has 1 amide bonds. The van der Waals surface area contributed by atoms with Gasteiger partial charge in [-0.05, 0) is 48.5 Å². The van der Waals surface area contributed by atoms with E-state index in [0.29, 0.717) is 28.2 Å². The Hall–Kier alpha value is -3.37. The molecule has 8 nitrogen and oxygen atoms in total. The molecule has 0 saturated heterocycles. The Bertz CT molecular complexity index is 1260. The van der Waals surface area contributed by atoms with E-state index in [-0.39, 0.29) is 18.5 Å². The summed E-state index contributed by atoms with van der Waals surface area (Å²) < 4.78 is 13.6. The first kappa shape index (κ1) is 20.5. The second-order valence-corrected chi connectivity index (χ2v) is 8.62. The molecule has 0 fully saturated rings. The molecule has 10 heteroatoms. The number of pyridine rings is 1. The molecule has 1 aliphatic heterocycles. The van der Waals surface area contributed by atoms with Gasteiger partial charge in [-0.25, -0.2) is 0 Å². The topological polar surface area (TPSA) is 91.2 Å². The van der Waals surface area contributed by atoms with Crippen LogP contribution in [-0.4, -0.2) is 38.2 Å². The number of hydrogen-bond donors (Lipinski definition) is 1. The van der Waals surface area contributed by atoms with E-state index in [1.807, 2.05) is 41.0 Å². The quantitative estimate of drug-likeness (QED) is 0.381. The van der Waals surface area contributed by atoms with Crippen LogP contribution < -0.4 is 14.8 Å². The summed E-state index contributed by atoms with van der Waals surface area (Å²) in [5.74, 6) is 1.97. The zero-order chi connectivity index (χ0) is 21.9. The summed E-state index contributed by atoms with van der Waals surface area (Å²) in [6.45, 7) is 0.189. The number of halogens is 1. The van der Waals surface area contributed by atoms with Gasteiger partial charge >= 0.3 is 0 Å². The van der Waals surface area contributed by atoms with Crippen molar-refractivity contribution in [3.8, 4) is 28.6 Å². The van der Waals surface area contributed by atoms with E-state index in [1.54, 1.807) is 30.6 Å². The van der Waals surface area contributed by atoms with Crippen LogP contribution in [0.2, 0.25) is 0 Å². The molecule has 4 aromatic rings. The molecule has 160 valence electrons. The number of thioether (sulfide) groups is 1. The van der Waals surface area contributed by atoms with Crippen molar-refractivity contribution in [2.45, 2.75) is 5.16 Å². The molecular formula is C22H16BrN5O3S. The number of nitrogens with zero attached hydrogens (tertiary/aromatic N) is 4. The lowest BCUT2D eigenvalue weighted by atomic mass is 10.2. The molecule has 0 spiro atoms. The number of benzene rings is 2. The molecular weight excluding hydrogens is 494 g/mol.